The summed E-state index contributed by atoms with van der Waals surface area (Å²) in [5.74, 6) is 0.644. The predicted molar refractivity (Wildman–Crippen MR) is 82.1 cm³/mol. The number of aryl methyl sites for hydroxylation is 1. The second-order valence-electron chi connectivity index (χ2n) is 4.78. The van der Waals surface area contributed by atoms with Crippen LogP contribution in [0.5, 0.6) is 0 Å². The smallest absolute Gasteiger partial charge is 0.0140 e. The van der Waals surface area contributed by atoms with Gasteiger partial charge in [-0.15, -0.1) is 0 Å². The van der Waals surface area contributed by atoms with Crippen LogP contribution in [0.3, 0.4) is 0 Å². The first kappa shape index (κ1) is 12.9. The van der Waals surface area contributed by atoms with E-state index in [0.29, 0.717) is 5.92 Å². The maximum atomic E-state index is 2.32. The van der Waals surface area contributed by atoms with Crippen molar-refractivity contribution in [3.05, 3.63) is 53.1 Å². The normalized spacial score (nSPS) is 17.0. The SMILES string of the molecule is CC.Cc1cc2c(c3ccccc13)C(C)CC=C2. The average Bonchev–Trinajstić information content (AvgIpc) is 2.41. The molecule has 0 heterocycles. The molecule has 0 bridgehead atoms. The summed E-state index contributed by atoms with van der Waals surface area (Å²) in [5.41, 5.74) is 4.33. The van der Waals surface area contributed by atoms with Crippen molar-refractivity contribution in [2.45, 2.75) is 40.0 Å². The zero-order valence-electron chi connectivity index (χ0n) is 11.8. The van der Waals surface area contributed by atoms with E-state index in [1.165, 1.54) is 33.9 Å². The van der Waals surface area contributed by atoms with Crippen LogP contribution in [0.1, 0.15) is 49.8 Å². The Morgan fingerprint density at radius 1 is 1.06 bits per heavy atom. The van der Waals surface area contributed by atoms with Crippen LogP contribution >= 0.6 is 0 Å². The van der Waals surface area contributed by atoms with Crippen LogP contribution < -0.4 is 0 Å². The first-order chi connectivity index (χ1) is 8.77. The predicted octanol–water partition coefficient (Wildman–Crippen LogP) is 5.69. The van der Waals surface area contributed by atoms with E-state index in [2.05, 4.69) is 56.3 Å². The molecule has 0 fully saturated rings. The number of rotatable bonds is 0. The van der Waals surface area contributed by atoms with Crippen molar-refractivity contribution in [1.29, 1.82) is 0 Å². The Hall–Kier alpha value is -1.56. The Balaban J connectivity index is 0.000000574. The lowest BCUT2D eigenvalue weighted by molar-refractivity contribution is 0.779. The quantitative estimate of drug-likeness (QED) is 0.552. The zero-order valence-corrected chi connectivity index (χ0v) is 11.8. The van der Waals surface area contributed by atoms with Crippen LogP contribution in [0.4, 0.5) is 0 Å². The molecule has 0 saturated heterocycles. The minimum atomic E-state index is 0.644. The molecular weight excluding hydrogens is 216 g/mol. The minimum absolute atomic E-state index is 0.644. The van der Waals surface area contributed by atoms with Gasteiger partial charge in [0.25, 0.3) is 0 Å². The summed E-state index contributed by atoms with van der Waals surface area (Å²) in [5, 5.41) is 2.85. The molecule has 2 aromatic carbocycles. The second-order valence-corrected chi connectivity index (χ2v) is 4.78. The topological polar surface area (TPSA) is 0 Å². The molecule has 1 aliphatic carbocycles. The third-order valence-corrected chi connectivity index (χ3v) is 3.60. The summed E-state index contributed by atoms with van der Waals surface area (Å²) in [6.45, 7) is 8.53. The van der Waals surface area contributed by atoms with E-state index in [-0.39, 0.29) is 0 Å². The summed E-state index contributed by atoms with van der Waals surface area (Å²) in [6, 6.07) is 11.1. The highest BCUT2D eigenvalue weighted by atomic mass is 14.2. The first-order valence-electron chi connectivity index (χ1n) is 6.96. The summed E-state index contributed by atoms with van der Waals surface area (Å²) >= 11 is 0. The van der Waals surface area contributed by atoms with Gasteiger partial charge in [0.2, 0.25) is 0 Å². The molecule has 0 heteroatoms. The molecule has 0 saturated carbocycles. The van der Waals surface area contributed by atoms with E-state index in [0.717, 1.165) is 0 Å². The zero-order chi connectivity index (χ0) is 13.1. The van der Waals surface area contributed by atoms with Gasteiger partial charge in [0, 0.05) is 0 Å². The Labute approximate surface area is 110 Å². The highest BCUT2D eigenvalue weighted by Crippen LogP contribution is 2.36. The summed E-state index contributed by atoms with van der Waals surface area (Å²) in [7, 11) is 0. The fourth-order valence-corrected chi connectivity index (χ4v) is 2.81. The lowest BCUT2D eigenvalue weighted by atomic mass is 9.83. The molecule has 1 unspecified atom stereocenters. The van der Waals surface area contributed by atoms with Crippen molar-refractivity contribution in [2.75, 3.05) is 0 Å². The largest absolute Gasteiger partial charge is 0.0833 e. The van der Waals surface area contributed by atoms with Crippen LogP contribution in [0.2, 0.25) is 0 Å². The van der Waals surface area contributed by atoms with E-state index in [4.69, 9.17) is 0 Å². The molecule has 1 atom stereocenters. The Kier molecular flexibility index (Phi) is 3.86. The van der Waals surface area contributed by atoms with Gasteiger partial charge in [0.05, 0.1) is 0 Å². The maximum Gasteiger partial charge on any atom is -0.0140 e. The monoisotopic (exact) mass is 238 g/mol. The van der Waals surface area contributed by atoms with Crippen LogP contribution in [0, 0.1) is 6.92 Å². The van der Waals surface area contributed by atoms with Crippen molar-refractivity contribution in [2.24, 2.45) is 0 Å². The lowest BCUT2D eigenvalue weighted by Gasteiger charge is -2.21. The van der Waals surface area contributed by atoms with Crippen LogP contribution in [-0.4, -0.2) is 0 Å². The van der Waals surface area contributed by atoms with Gasteiger partial charge >= 0.3 is 0 Å². The number of hydrogen-bond donors (Lipinski definition) is 0. The van der Waals surface area contributed by atoms with Gasteiger partial charge in [-0.1, -0.05) is 63.3 Å². The molecule has 0 amide bonds. The van der Waals surface area contributed by atoms with Gasteiger partial charge in [-0.25, -0.2) is 0 Å². The minimum Gasteiger partial charge on any atom is -0.0833 e. The number of benzene rings is 2. The van der Waals surface area contributed by atoms with Crippen LogP contribution in [0.15, 0.2) is 36.4 Å². The summed E-state index contributed by atoms with van der Waals surface area (Å²) in [6.07, 6.45) is 5.73. The lowest BCUT2D eigenvalue weighted by Crippen LogP contribution is -2.01. The van der Waals surface area contributed by atoms with Crippen molar-refractivity contribution in [1.82, 2.24) is 0 Å². The molecule has 3 rings (SSSR count). The Bertz CT molecular complexity index is 576. The van der Waals surface area contributed by atoms with Gasteiger partial charge in [-0.05, 0) is 46.7 Å². The highest BCUT2D eigenvalue weighted by Gasteiger charge is 2.16. The van der Waals surface area contributed by atoms with E-state index >= 15 is 0 Å². The van der Waals surface area contributed by atoms with Gasteiger partial charge in [0.15, 0.2) is 0 Å². The van der Waals surface area contributed by atoms with Crippen molar-refractivity contribution < 1.29 is 0 Å². The van der Waals surface area contributed by atoms with E-state index in [1.807, 2.05) is 13.8 Å². The fourth-order valence-electron chi connectivity index (χ4n) is 2.81. The Morgan fingerprint density at radius 2 is 1.72 bits per heavy atom. The van der Waals surface area contributed by atoms with Crippen molar-refractivity contribution in [3.8, 4) is 0 Å². The fraction of sp³-hybridized carbons (Fsp3) is 0.333. The maximum absolute atomic E-state index is 2.32. The molecule has 1 aliphatic rings. The average molecular weight is 238 g/mol. The third kappa shape index (κ3) is 2.08. The standard InChI is InChI=1S/C16H16.C2H6/c1-11-6-5-7-13-10-12(2)14-8-3-4-9-15(14)16(11)13;1-2/h3-5,7-11H,6H2,1-2H3;1-2H3. The van der Waals surface area contributed by atoms with Gasteiger partial charge in [-0.3, -0.25) is 0 Å². The molecule has 0 radical (unpaired) electrons. The number of fused-ring (bicyclic) bond motifs is 3. The van der Waals surface area contributed by atoms with Gasteiger partial charge < -0.3 is 0 Å². The Morgan fingerprint density at radius 3 is 2.44 bits per heavy atom. The second kappa shape index (κ2) is 5.39. The number of allylic oxidation sites excluding steroid dienone is 1. The van der Waals surface area contributed by atoms with E-state index in [9.17, 15) is 0 Å². The van der Waals surface area contributed by atoms with E-state index in [1.54, 1.807) is 0 Å². The third-order valence-electron chi connectivity index (χ3n) is 3.60. The molecule has 0 nitrogen and oxygen atoms in total. The molecule has 0 aliphatic heterocycles. The first-order valence-corrected chi connectivity index (χ1v) is 6.96. The molecule has 0 aromatic heterocycles. The summed E-state index contributed by atoms with van der Waals surface area (Å²) in [4.78, 5) is 0. The van der Waals surface area contributed by atoms with Gasteiger partial charge in [-0.2, -0.15) is 0 Å². The van der Waals surface area contributed by atoms with Crippen LogP contribution in [-0.2, 0) is 0 Å². The highest BCUT2D eigenvalue weighted by molar-refractivity contribution is 5.92. The number of hydrogen-bond acceptors (Lipinski definition) is 0. The van der Waals surface area contributed by atoms with Crippen LogP contribution in [0.25, 0.3) is 16.8 Å². The van der Waals surface area contributed by atoms with Crippen molar-refractivity contribution in [3.63, 3.8) is 0 Å². The molecule has 0 spiro atoms. The summed E-state index contributed by atoms with van der Waals surface area (Å²) < 4.78 is 0. The molecule has 94 valence electrons. The van der Waals surface area contributed by atoms with E-state index < -0.39 is 0 Å². The van der Waals surface area contributed by atoms with Crippen molar-refractivity contribution >= 4 is 16.8 Å². The molecule has 18 heavy (non-hydrogen) atoms. The molecular formula is C18H22. The molecule has 0 N–H and O–H groups in total. The molecule has 2 aromatic rings. The van der Waals surface area contributed by atoms with Gasteiger partial charge in [0.1, 0.15) is 0 Å².